The number of hydrogen-bond donors (Lipinski definition) is 0. The van der Waals surface area contributed by atoms with Gasteiger partial charge >= 0.3 is 0 Å². The van der Waals surface area contributed by atoms with E-state index in [1.165, 1.54) is 5.56 Å². The van der Waals surface area contributed by atoms with E-state index in [0.29, 0.717) is 26.4 Å². The molecule has 2 rings (SSSR count). The Hall–Kier alpha value is -0.420. The second-order valence-corrected chi connectivity index (χ2v) is 6.15. The monoisotopic (exact) mass is 328 g/mol. The topological polar surface area (TPSA) is 27.7 Å². The predicted octanol–water partition coefficient (Wildman–Crippen LogP) is 3.37. The Bertz CT molecular complexity index is 382. The molecule has 1 saturated heterocycles. The van der Waals surface area contributed by atoms with Gasteiger partial charge in [0.2, 0.25) is 0 Å². The van der Waals surface area contributed by atoms with Crippen molar-refractivity contribution in [2.24, 2.45) is 5.41 Å². The molecule has 1 fully saturated rings. The molecular formula is C15H21BrO3. The molecule has 0 amide bonds. The van der Waals surface area contributed by atoms with E-state index in [9.17, 15) is 0 Å². The lowest BCUT2D eigenvalue weighted by molar-refractivity contribution is -0.287. The van der Waals surface area contributed by atoms with Crippen LogP contribution < -0.4 is 0 Å². The molecule has 0 bridgehead atoms. The number of halogens is 1. The van der Waals surface area contributed by atoms with Gasteiger partial charge < -0.3 is 14.2 Å². The van der Waals surface area contributed by atoms with E-state index in [2.05, 4.69) is 28.1 Å². The van der Waals surface area contributed by atoms with Gasteiger partial charge in [-0.25, -0.2) is 0 Å². The lowest BCUT2D eigenvalue weighted by Gasteiger charge is -2.42. The van der Waals surface area contributed by atoms with Crippen LogP contribution in [-0.2, 0) is 20.8 Å². The highest BCUT2D eigenvalue weighted by atomic mass is 79.9. The van der Waals surface area contributed by atoms with Gasteiger partial charge in [-0.2, -0.15) is 0 Å². The molecule has 0 spiro atoms. The lowest BCUT2D eigenvalue weighted by Crippen LogP contribution is -2.49. The van der Waals surface area contributed by atoms with Crippen LogP contribution in [0.1, 0.15) is 19.4 Å². The molecule has 106 valence electrons. The summed E-state index contributed by atoms with van der Waals surface area (Å²) in [5.41, 5.74) is 1.09. The standard InChI is InChI=1S/C15H21BrO3/c1-14(2)18-11-15(9-16,12-19-14)10-17-8-13-6-4-3-5-7-13/h3-7H,8-12H2,1-2H3. The van der Waals surface area contributed by atoms with Gasteiger partial charge in [0.15, 0.2) is 5.79 Å². The summed E-state index contributed by atoms with van der Waals surface area (Å²) < 4.78 is 17.3. The van der Waals surface area contributed by atoms with Crippen LogP contribution in [0.2, 0.25) is 0 Å². The summed E-state index contributed by atoms with van der Waals surface area (Å²) in [6.07, 6.45) is 0. The van der Waals surface area contributed by atoms with Gasteiger partial charge in [-0.05, 0) is 19.4 Å². The van der Waals surface area contributed by atoms with Gasteiger partial charge in [-0.3, -0.25) is 0 Å². The van der Waals surface area contributed by atoms with Crippen LogP contribution >= 0.6 is 15.9 Å². The van der Waals surface area contributed by atoms with Crippen molar-refractivity contribution in [3.8, 4) is 0 Å². The van der Waals surface area contributed by atoms with Gasteiger partial charge in [0, 0.05) is 5.33 Å². The van der Waals surface area contributed by atoms with Crippen LogP contribution in [0.25, 0.3) is 0 Å². The molecule has 0 aromatic heterocycles. The van der Waals surface area contributed by atoms with Crippen molar-refractivity contribution in [1.29, 1.82) is 0 Å². The van der Waals surface area contributed by atoms with E-state index in [1.807, 2.05) is 32.0 Å². The zero-order valence-electron chi connectivity index (χ0n) is 11.5. The minimum atomic E-state index is -0.481. The predicted molar refractivity (Wildman–Crippen MR) is 78.3 cm³/mol. The summed E-state index contributed by atoms with van der Waals surface area (Å²) in [5, 5.41) is 0.810. The van der Waals surface area contributed by atoms with E-state index in [-0.39, 0.29) is 5.41 Å². The molecule has 3 nitrogen and oxygen atoms in total. The van der Waals surface area contributed by atoms with Gasteiger partial charge in [0.1, 0.15) is 0 Å². The molecule has 0 saturated carbocycles. The van der Waals surface area contributed by atoms with E-state index < -0.39 is 5.79 Å². The summed E-state index contributed by atoms with van der Waals surface area (Å²) in [4.78, 5) is 0. The van der Waals surface area contributed by atoms with Gasteiger partial charge in [-0.15, -0.1) is 0 Å². The Balaban J connectivity index is 1.83. The van der Waals surface area contributed by atoms with Gasteiger partial charge in [0.05, 0.1) is 31.8 Å². The minimum Gasteiger partial charge on any atom is -0.376 e. The van der Waals surface area contributed by atoms with Crippen molar-refractivity contribution in [2.45, 2.75) is 26.2 Å². The third-order valence-electron chi connectivity index (χ3n) is 3.26. The number of alkyl halides is 1. The van der Waals surface area contributed by atoms with Crippen molar-refractivity contribution in [1.82, 2.24) is 0 Å². The summed E-state index contributed by atoms with van der Waals surface area (Å²) >= 11 is 3.55. The fraction of sp³-hybridized carbons (Fsp3) is 0.600. The van der Waals surface area contributed by atoms with Crippen molar-refractivity contribution >= 4 is 15.9 Å². The Kier molecular flexibility index (Phi) is 5.01. The van der Waals surface area contributed by atoms with E-state index >= 15 is 0 Å². The Labute approximate surface area is 123 Å². The average Bonchev–Trinajstić information content (AvgIpc) is 2.42. The fourth-order valence-electron chi connectivity index (χ4n) is 1.90. The number of rotatable bonds is 5. The van der Waals surface area contributed by atoms with E-state index in [1.54, 1.807) is 0 Å². The average molecular weight is 329 g/mol. The molecule has 1 heterocycles. The zero-order valence-corrected chi connectivity index (χ0v) is 13.1. The molecule has 1 aliphatic heterocycles. The first kappa shape index (κ1) is 15.0. The molecule has 19 heavy (non-hydrogen) atoms. The Morgan fingerprint density at radius 3 is 2.37 bits per heavy atom. The molecule has 4 heteroatoms. The second kappa shape index (κ2) is 6.35. The largest absolute Gasteiger partial charge is 0.376 e. The molecule has 0 radical (unpaired) electrons. The highest BCUT2D eigenvalue weighted by Gasteiger charge is 2.39. The molecule has 1 aliphatic rings. The quantitative estimate of drug-likeness (QED) is 0.775. The summed E-state index contributed by atoms with van der Waals surface area (Å²) in [6.45, 7) is 6.44. The van der Waals surface area contributed by atoms with Crippen molar-refractivity contribution < 1.29 is 14.2 Å². The molecule has 1 aromatic rings. The zero-order chi connectivity index (χ0) is 13.8. The van der Waals surface area contributed by atoms with Crippen molar-refractivity contribution in [3.63, 3.8) is 0 Å². The van der Waals surface area contributed by atoms with Gasteiger partial charge in [0.25, 0.3) is 0 Å². The number of benzene rings is 1. The van der Waals surface area contributed by atoms with Gasteiger partial charge in [-0.1, -0.05) is 46.3 Å². The molecule has 0 unspecified atom stereocenters. The van der Waals surface area contributed by atoms with Crippen LogP contribution in [0.5, 0.6) is 0 Å². The lowest BCUT2D eigenvalue weighted by atomic mass is 9.93. The number of ether oxygens (including phenoxy) is 3. The maximum atomic E-state index is 5.83. The smallest absolute Gasteiger partial charge is 0.162 e. The van der Waals surface area contributed by atoms with E-state index in [4.69, 9.17) is 14.2 Å². The van der Waals surface area contributed by atoms with Crippen LogP contribution in [0.3, 0.4) is 0 Å². The second-order valence-electron chi connectivity index (χ2n) is 5.59. The summed E-state index contributed by atoms with van der Waals surface area (Å²) in [6, 6.07) is 10.2. The third-order valence-corrected chi connectivity index (χ3v) is 4.44. The van der Waals surface area contributed by atoms with Crippen LogP contribution in [-0.4, -0.2) is 30.9 Å². The first-order valence-corrected chi connectivity index (χ1v) is 7.63. The first-order chi connectivity index (χ1) is 9.05. The molecular weight excluding hydrogens is 308 g/mol. The highest BCUT2D eigenvalue weighted by molar-refractivity contribution is 9.09. The maximum Gasteiger partial charge on any atom is 0.162 e. The molecule has 0 aliphatic carbocycles. The minimum absolute atomic E-state index is 0.0930. The normalized spacial score (nSPS) is 21.2. The highest BCUT2D eigenvalue weighted by Crippen LogP contribution is 2.31. The first-order valence-electron chi connectivity index (χ1n) is 6.51. The molecule has 1 aromatic carbocycles. The number of hydrogen-bond acceptors (Lipinski definition) is 3. The fourth-order valence-corrected chi connectivity index (χ4v) is 2.38. The van der Waals surface area contributed by atoms with Crippen molar-refractivity contribution in [3.05, 3.63) is 35.9 Å². The van der Waals surface area contributed by atoms with Crippen LogP contribution in [0, 0.1) is 5.41 Å². The molecule has 0 atom stereocenters. The Morgan fingerprint density at radius 2 is 1.79 bits per heavy atom. The van der Waals surface area contributed by atoms with Crippen LogP contribution in [0.4, 0.5) is 0 Å². The molecule has 0 N–H and O–H groups in total. The summed E-state index contributed by atoms with van der Waals surface area (Å²) in [5.74, 6) is -0.481. The van der Waals surface area contributed by atoms with Crippen LogP contribution in [0.15, 0.2) is 30.3 Å². The summed E-state index contributed by atoms with van der Waals surface area (Å²) in [7, 11) is 0. The maximum absolute atomic E-state index is 5.83. The third kappa shape index (κ3) is 4.28. The Morgan fingerprint density at radius 1 is 1.16 bits per heavy atom. The van der Waals surface area contributed by atoms with Crippen molar-refractivity contribution in [2.75, 3.05) is 25.2 Å². The SMILES string of the molecule is CC1(C)OCC(CBr)(COCc2ccccc2)CO1. The van der Waals surface area contributed by atoms with E-state index in [0.717, 1.165) is 5.33 Å².